The Bertz CT molecular complexity index is 1180. The number of nitrogens with one attached hydrogen (secondary N) is 1. The highest BCUT2D eigenvalue weighted by molar-refractivity contribution is 7.12. The van der Waals surface area contributed by atoms with Crippen LogP contribution in [-0.4, -0.2) is 44.2 Å². The molecule has 1 unspecified atom stereocenters. The molecule has 2 amide bonds. The van der Waals surface area contributed by atoms with E-state index in [1.807, 2.05) is 6.07 Å². The van der Waals surface area contributed by atoms with Gasteiger partial charge in [0.15, 0.2) is 0 Å². The molecule has 0 radical (unpaired) electrons. The van der Waals surface area contributed by atoms with Crippen molar-refractivity contribution in [3.8, 4) is 5.75 Å². The van der Waals surface area contributed by atoms with Crippen molar-refractivity contribution in [1.82, 2.24) is 10.4 Å². The third kappa shape index (κ3) is 6.21. The Morgan fingerprint density at radius 2 is 1.85 bits per heavy atom. The zero-order chi connectivity index (χ0) is 24.8. The van der Waals surface area contributed by atoms with Gasteiger partial charge in [-0.3, -0.25) is 14.4 Å². The number of imide groups is 1. The van der Waals surface area contributed by atoms with Crippen molar-refractivity contribution in [3.63, 3.8) is 0 Å². The first-order valence-corrected chi connectivity index (χ1v) is 11.6. The number of thiophene rings is 1. The number of aryl methyl sites for hydroxylation is 1. The normalized spacial score (nSPS) is 12.7. The minimum Gasteiger partial charge on any atom is -0.508 e. The van der Waals surface area contributed by atoms with Gasteiger partial charge in [-0.25, -0.2) is 10.4 Å². The topological polar surface area (TPSA) is 127 Å². The van der Waals surface area contributed by atoms with E-state index in [9.17, 15) is 29.7 Å². The summed E-state index contributed by atoms with van der Waals surface area (Å²) in [5.41, 5.74) is 3.73. The van der Waals surface area contributed by atoms with E-state index in [0.717, 1.165) is 16.9 Å². The number of hydrazine groups is 1. The average Bonchev–Trinajstić information content (AvgIpc) is 3.35. The number of hydrogen-bond donors (Lipinski definition) is 4. The van der Waals surface area contributed by atoms with Crippen molar-refractivity contribution >= 4 is 40.7 Å². The molecule has 34 heavy (non-hydrogen) atoms. The zero-order valence-electron chi connectivity index (χ0n) is 18.1. The predicted octanol–water partition coefficient (Wildman–Crippen LogP) is 4.03. The number of hydrogen-bond acceptors (Lipinski definition) is 7. The lowest BCUT2D eigenvalue weighted by Gasteiger charge is -2.24. The zero-order valence-corrected chi connectivity index (χ0v) is 19.7. The van der Waals surface area contributed by atoms with Crippen LogP contribution in [0.15, 0.2) is 60.0 Å². The first-order chi connectivity index (χ1) is 16.2. The van der Waals surface area contributed by atoms with Gasteiger partial charge in [-0.2, -0.15) is 0 Å². The fraction of sp³-hybridized carbons (Fsp3) is 0.208. The molecule has 1 heterocycles. The fourth-order valence-corrected chi connectivity index (χ4v) is 4.11. The Morgan fingerprint density at radius 3 is 2.47 bits per heavy atom. The minimum atomic E-state index is -1.24. The third-order valence-corrected chi connectivity index (χ3v) is 6.23. The van der Waals surface area contributed by atoms with E-state index in [1.54, 1.807) is 29.6 Å². The summed E-state index contributed by atoms with van der Waals surface area (Å²) in [6.45, 7) is 1.30. The number of carboxylic acids is 1. The maximum absolute atomic E-state index is 13.2. The van der Waals surface area contributed by atoms with Gasteiger partial charge in [0.05, 0.1) is 21.6 Å². The van der Waals surface area contributed by atoms with Crippen LogP contribution in [-0.2, 0) is 11.2 Å². The number of aliphatic hydroxyl groups is 1. The summed E-state index contributed by atoms with van der Waals surface area (Å²) >= 11 is 7.44. The number of phenols is 1. The smallest absolute Gasteiger partial charge is 0.322 e. The van der Waals surface area contributed by atoms with E-state index >= 15 is 0 Å². The number of phenolic OH excluding ortho intramolecular Hbond substituents is 1. The molecular weight excluding hydrogens is 480 g/mol. The van der Waals surface area contributed by atoms with E-state index in [1.165, 1.54) is 31.2 Å². The number of benzene rings is 2. The quantitative estimate of drug-likeness (QED) is 0.257. The Morgan fingerprint density at radius 1 is 1.09 bits per heavy atom. The second-order valence-electron chi connectivity index (χ2n) is 7.58. The van der Waals surface area contributed by atoms with Gasteiger partial charge in [0, 0.05) is 0 Å². The number of rotatable bonds is 9. The third-order valence-electron chi connectivity index (χ3n) is 5.06. The summed E-state index contributed by atoms with van der Waals surface area (Å²) in [5, 5.41) is 31.7. The van der Waals surface area contributed by atoms with E-state index in [4.69, 9.17) is 11.6 Å². The Hall–Kier alpha value is -3.24. The van der Waals surface area contributed by atoms with Crippen molar-refractivity contribution < 1.29 is 29.7 Å². The van der Waals surface area contributed by atoms with Gasteiger partial charge in [0.25, 0.3) is 11.8 Å². The lowest BCUT2D eigenvalue weighted by Crippen LogP contribution is -2.52. The Labute approximate surface area is 205 Å². The molecule has 0 spiro atoms. The number of carboxylic acid groups (broad SMARTS) is 1. The van der Waals surface area contributed by atoms with Crippen LogP contribution in [0.5, 0.6) is 5.75 Å². The number of halogens is 1. The molecular formula is C24H23ClN2O6S. The van der Waals surface area contributed by atoms with E-state index < -0.39 is 29.9 Å². The predicted molar refractivity (Wildman–Crippen MR) is 128 cm³/mol. The molecule has 3 aromatic rings. The number of aromatic hydroxyl groups is 1. The number of carbonyl (C=O) groups is 3. The molecule has 0 aliphatic heterocycles. The fourth-order valence-electron chi connectivity index (χ4n) is 3.18. The van der Waals surface area contributed by atoms with Gasteiger partial charge in [0.1, 0.15) is 11.8 Å². The highest BCUT2D eigenvalue weighted by atomic mass is 35.5. The van der Waals surface area contributed by atoms with Gasteiger partial charge in [-0.1, -0.05) is 35.9 Å². The minimum absolute atomic E-state index is 0.00710. The second kappa shape index (κ2) is 11.3. The second-order valence-corrected chi connectivity index (χ2v) is 8.93. The van der Waals surface area contributed by atoms with Crippen LogP contribution in [0, 0.1) is 0 Å². The summed E-state index contributed by atoms with van der Waals surface area (Å²) < 4.78 is 0. The maximum atomic E-state index is 13.2. The van der Waals surface area contributed by atoms with Crippen LogP contribution < -0.4 is 5.43 Å². The van der Waals surface area contributed by atoms with Gasteiger partial charge >= 0.3 is 5.97 Å². The molecule has 0 saturated carbocycles. The number of aliphatic carboxylic acids is 1. The summed E-state index contributed by atoms with van der Waals surface area (Å²) in [6.07, 6.45) is -0.0140. The largest absolute Gasteiger partial charge is 0.508 e. The average molecular weight is 503 g/mol. The van der Waals surface area contributed by atoms with Crippen LogP contribution in [0.25, 0.3) is 0 Å². The molecule has 0 aliphatic rings. The number of amides is 2. The van der Waals surface area contributed by atoms with E-state index in [0.29, 0.717) is 23.4 Å². The molecule has 2 atom stereocenters. The first-order valence-electron chi connectivity index (χ1n) is 10.3. The summed E-state index contributed by atoms with van der Waals surface area (Å²) in [7, 11) is 0. The van der Waals surface area contributed by atoms with Crippen LogP contribution in [0.3, 0.4) is 0 Å². The standard InChI is InChI=1S/C24H23ClN2O6S/c1-14(24(32)33)26-27(23(31)21-6-3-11-34-21)22(30)18-9-8-16(13-19(18)25)20(29)10-7-15-4-2-5-17(28)12-15/h2-6,8-9,11-14,20,26,28-29H,7,10H2,1H3,(H,32,33)/t14-,20?/m0/s1. The molecule has 10 heteroatoms. The molecule has 8 nitrogen and oxygen atoms in total. The first kappa shape index (κ1) is 25.4. The van der Waals surface area contributed by atoms with Crippen molar-refractivity contribution in [3.05, 3.63) is 86.6 Å². The summed E-state index contributed by atoms with van der Waals surface area (Å²) in [5.74, 6) is -2.63. The van der Waals surface area contributed by atoms with E-state index in [2.05, 4.69) is 5.43 Å². The van der Waals surface area contributed by atoms with Crippen LogP contribution >= 0.6 is 22.9 Å². The van der Waals surface area contributed by atoms with Crippen LogP contribution in [0.1, 0.15) is 50.6 Å². The number of aliphatic hydroxyl groups excluding tert-OH is 1. The monoisotopic (exact) mass is 502 g/mol. The maximum Gasteiger partial charge on any atom is 0.322 e. The Balaban J connectivity index is 1.79. The van der Waals surface area contributed by atoms with Crippen molar-refractivity contribution in [1.29, 1.82) is 0 Å². The summed E-state index contributed by atoms with van der Waals surface area (Å²) in [6, 6.07) is 13.0. The number of carbonyl (C=O) groups excluding carboxylic acids is 2. The molecule has 0 bridgehead atoms. The molecule has 2 aromatic carbocycles. The van der Waals surface area contributed by atoms with Crippen LogP contribution in [0.4, 0.5) is 0 Å². The highest BCUT2D eigenvalue weighted by Crippen LogP contribution is 2.27. The molecule has 0 aliphatic carbocycles. The molecule has 3 rings (SSSR count). The molecule has 0 saturated heterocycles. The molecule has 0 fully saturated rings. The SMILES string of the molecule is C[C@H](NN(C(=O)c1cccs1)C(=O)c1ccc(C(O)CCc2cccc(O)c2)cc1Cl)C(=O)O. The lowest BCUT2D eigenvalue weighted by atomic mass is 10.00. The van der Waals surface area contributed by atoms with Gasteiger partial charge in [-0.15, -0.1) is 11.3 Å². The molecule has 178 valence electrons. The molecule has 1 aromatic heterocycles. The van der Waals surface area contributed by atoms with Gasteiger partial charge in [0.2, 0.25) is 0 Å². The summed E-state index contributed by atoms with van der Waals surface area (Å²) in [4.78, 5) is 37.6. The number of nitrogens with zero attached hydrogens (tertiary/aromatic N) is 1. The van der Waals surface area contributed by atoms with Gasteiger partial charge in [-0.05, 0) is 66.6 Å². The van der Waals surface area contributed by atoms with Crippen LogP contribution in [0.2, 0.25) is 5.02 Å². The van der Waals surface area contributed by atoms with Crippen molar-refractivity contribution in [2.24, 2.45) is 0 Å². The molecule has 4 N–H and O–H groups in total. The van der Waals surface area contributed by atoms with Crippen molar-refractivity contribution in [2.45, 2.75) is 31.9 Å². The Kier molecular flexibility index (Phi) is 8.41. The van der Waals surface area contributed by atoms with Crippen molar-refractivity contribution in [2.75, 3.05) is 0 Å². The lowest BCUT2D eigenvalue weighted by molar-refractivity contribution is -0.139. The highest BCUT2D eigenvalue weighted by Gasteiger charge is 2.29. The van der Waals surface area contributed by atoms with Gasteiger partial charge < -0.3 is 15.3 Å². The van der Waals surface area contributed by atoms with E-state index in [-0.39, 0.29) is 21.2 Å².